The fourth-order valence-electron chi connectivity index (χ4n) is 2.85. The Hall–Kier alpha value is -0.240. The standard InChI is InChI=1S/C13H24O6/c1-5-6-7-17-9-10(2,15)12(4)11(3,16)13(8-14,18-9)19-12/h9,14-16H,5-8H2,1-4H3/t9-,10-,11+,12?,13?/m0/s1. The van der Waals surface area contributed by atoms with Crippen molar-refractivity contribution >= 4 is 0 Å². The first-order valence-corrected chi connectivity index (χ1v) is 6.74. The van der Waals surface area contributed by atoms with E-state index < -0.39 is 35.5 Å². The fourth-order valence-corrected chi connectivity index (χ4v) is 2.85. The van der Waals surface area contributed by atoms with Crippen molar-refractivity contribution in [3.63, 3.8) is 0 Å². The maximum atomic E-state index is 10.6. The van der Waals surface area contributed by atoms with Gasteiger partial charge in [-0.2, -0.15) is 0 Å². The van der Waals surface area contributed by atoms with Gasteiger partial charge in [-0.1, -0.05) is 13.3 Å². The zero-order valence-corrected chi connectivity index (χ0v) is 12.0. The van der Waals surface area contributed by atoms with E-state index >= 15 is 0 Å². The zero-order chi connectivity index (χ0) is 14.5. The van der Waals surface area contributed by atoms with Gasteiger partial charge < -0.3 is 29.5 Å². The third-order valence-electron chi connectivity index (χ3n) is 4.74. The number of hydrogen-bond donors (Lipinski definition) is 3. The van der Waals surface area contributed by atoms with Crippen LogP contribution < -0.4 is 0 Å². The number of fused-ring (bicyclic) bond motifs is 2. The lowest BCUT2D eigenvalue weighted by Gasteiger charge is -2.72. The highest BCUT2D eigenvalue weighted by molar-refractivity contribution is 5.25. The minimum Gasteiger partial charge on any atom is -0.391 e. The Kier molecular flexibility index (Phi) is 3.49. The molecule has 3 saturated heterocycles. The van der Waals surface area contributed by atoms with E-state index in [1.165, 1.54) is 13.8 Å². The number of ether oxygens (including phenoxy) is 3. The minimum absolute atomic E-state index is 0.442. The zero-order valence-electron chi connectivity index (χ0n) is 12.0. The summed E-state index contributed by atoms with van der Waals surface area (Å²) in [6.07, 6.45) is 0.867. The average Bonchev–Trinajstić information content (AvgIpc) is 2.34. The van der Waals surface area contributed by atoms with Gasteiger partial charge in [-0.25, -0.2) is 0 Å². The van der Waals surface area contributed by atoms with Crippen LogP contribution in [0.3, 0.4) is 0 Å². The summed E-state index contributed by atoms with van der Waals surface area (Å²) in [4.78, 5) is 0. The molecule has 0 amide bonds. The minimum atomic E-state index is -1.53. The van der Waals surface area contributed by atoms with Gasteiger partial charge >= 0.3 is 0 Å². The molecule has 2 unspecified atom stereocenters. The number of aliphatic hydroxyl groups excluding tert-OH is 1. The lowest BCUT2D eigenvalue weighted by atomic mass is 9.61. The van der Waals surface area contributed by atoms with Crippen molar-refractivity contribution in [2.45, 2.75) is 69.4 Å². The summed E-state index contributed by atoms with van der Waals surface area (Å²) in [6.45, 7) is 6.57. The van der Waals surface area contributed by atoms with Crippen molar-refractivity contribution in [1.29, 1.82) is 0 Å². The first kappa shape index (κ1) is 15.2. The van der Waals surface area contributed by atoms with E-state index in [1.54, 1.807) is 6.92 Å². The van der Waals surface area contributed by atoms with Crippen molar-refractivity contribution < 1.29 is 29.5 Å². The molecule has 6 nitrogen and oxygen atoms in total. The SMILES string of the molecule is CCCCO[C@H]1OC2(CO)OC(C)([C@@]2(C)O)[C@@]1(C)O. The van der Waals surface area contributed by atoms with Gasteiger partial charge in [0, 0.05) is 6.61 Å². The van der Waals surface area contributed by atoms with Crippen molar-refractivity contribution in [2.24, 2.45) is 0 Å². The lowest BCUT2D eigenvalue weighted by Crippen LogP contribution is -2.93. The van der Waals surface area contributed by atoms with E-state index in [0.29, 0.717) is 6.61 Å². The topological polar surface area (TPSA) is 88.4 Å². The first-order chi connectivity index (χ1) is 8.68. The van der Waals surface area contributed by atoms with E-state index in [9.17, 15) is 15.3 Å². The van der Waals surface area contributed by atoms with Gasteiger partial charge in [0.1, 0.15) is 23.4 Å². The van der Waals surface area contributed by atoms with Crippen LogP contribution in [-0.2, 0) is 14.2 Å². The molecule has 0 radical (unpaired) electrons. The highest BCUT2D eigenvalue weighted by Gasteiger charge is 2.83. The fraction of sp³-hybridized carbons (Fsp3) is 1.00. The molecule has 3 rings (SSSR count). The van der Waals surface area contributed by atoms with Crippen LogP contribution in [0, 0.1) is 0 Å². The van der Waals surface area contributed by atoms with Crippen LogP contribution in [0.2, 0.25) is 0 Å². The smallest absolute Gasteiger partial charge is 0.227 e. The normalized spacial score (nSPS) is 52.9. The average molecular weight is 276 g/mol. The van der Waals surface area contributed by atoms with E-state index in [2.05, 4.69) is 0 Å². The summed E-state index contributed by atoms with van der Waals surface area (Å²) in [5, 5.41) is 30.6. The molecule has 3 fully saturated rings. The van der Waals surface area contributed by atoms with Crippen LogP contribution in [0.15, 0.2) is 0 Å². The second-order valence-electron chi connectivity index (χ2n) is 5.94. The molecule has 3 N–H and O–H groups in total. The Bertz CT molecular complexity index is 355. The molecule has 3 aliphatic heterocycles. The monoisotopic (exact) mass is 276 g/mol. The van der Waals surface area contributed by atoms with Crippen LogP contribution in [0.1, 0.15) is 40.5 Å². The third kappa shape index (κ3) is 1.65. The van der Waals surface area contributed by atoms with Gasteiger partial charge in [0.15, 0.2) is 6.29 Å². The highest BCUT2D eigenvalue weighted by Crippen LogP contribution is 2.61. The molecule has 0 aromatic carbocycles. The third-order valence-corrected chi connectivity index (χ3v) is 4.74. The quantitative estimate of drug-likeness (QED) is 0.619. The van der Waals surface area contributed by atoms with Crippen LogP contribution in [0.25, 0.3) is 0 Å². The Labute approximate surface area is 113 Å². The molecule has 3 aliphatic rings. The number of hydrogen-bond acceptors (Lipinski definition) is 6. The second-order valence-corrected chi connectivity index (χ2v) is 5.94. The molecule has 3 heterocycles. The molecule has 19 heavy (non-hydrogen) atoms. The molecular weight excluding hydrogens is 252 g/mol. The summed E-state index contributed by atoms with van der Waals surface area (Å²) in [7, 11) is 0. The van der Waals surface area contributed by atoms with Gasteiger partial charge in [0.2, 0.25) is 5.79 Å². The molecule has 0 aliphatic carbocycles. The lowest BCUT2D eigenvalue weighted by molar-refractivity contribution is -0.581. The highest BCUT2D eigenvalue weighted by atomic mass is 16.8. The number of aliphatic hydroxyl groups is 3. The van der Waals surface area contributed by atoms with Crippen LogP contribution in [0.5, 0.6) is 0 Å². The molecule has 0 aromatic heterocycles. The molecular formula is C13H24O6. The predicted molar refractivity (Wildman–Crippen MR) is 66.3 cm³/mol. The first-order valence-electron chi connectivity index (χ1n) is 6.74. The van der Waals surface area contributed by atoms with Crippen LogP contribution >= 0.6 is 0 Å². The summed E-state index contributed by atoms with van der Waals surface area (Å²) in [5.74, 6) is -1.53. The number of rotatable bonds is 5. The van der Waals surface area contributed by atoms with Gasteiger partial charge in [0.25, 0.3) is 0 Å². The predicted octanol–water partition coefficient (Wildman–Crippen LogP) is 0.139. The Morgan fingerprint density at radius 2 is 1.84 bits per heavy atom. The molecule has 0 spiro atoms. The molecule has 5 atom stereocenters. The van der Waals surface area contributed by atoms with Crippen molar-refractivity contribution in [1.82, 2.24) is 0 Å². The summed E-state index contributed by atoms with van der Waals surface area (Å²) >= 11 is 0. The summed E-state index contributed by atoms with van der Waals surface area (Å²) in [5.41, 5.74) is -4.26. The molecule has 0 aromatic rings. The van der Waals surface area contributed by atoms with Crippen molar-refractivity contribution in [3.8, 4) is 0 Å². The Balaban J connectivity index is 2.22. The van der Waals surface area contributed by atoms with Gasteiger partial charge in [-0.05, 0) is 27.2 Å². The molecule has 112 valence electrons. The van der Waals surface area contributed by atoms with Crippen LogP contribution in [0.4, 0.5) is 0 Å². The summed E-state index contributed by atoms with van der Waals surface area (Å²) in [6, 6.07) is 0. The van der Waals surface area contributed by atoms with Gasteiger partial charge in [0.05, 0.1) is 0 Å². The van der Waals surface area contributed by atoms with Gasteiger partial charge in [-0.3, -0.25) is 0 Å². The van der Waals surface area contributed by atoms with E-state index in [4.69, 9.17) is 14.2 Å². The second kappa shape index (κ2) is 4.38. The van der Waals surface area contributed by atoms with Crippen LogP contribution in [-0.4, -0.2) is 57.4 Å². The summed E-state index contributed by atoms with van der Waals surface area (Å²) < 4.78 is 16.6. The maximum absolute atomic E-state index is 10.6. The molecule has 0 saturated carbocycles. The van der Waals surface area contributed by atoms with Gasteiger partial charge in [-0.15, -0.1) is 0 Å². The van der Waals surface area contributed by atoms with Crippen molar-refractivity contribution in [2.75, 3.05) is 13.2 Å². The number of unbranched alkanes of at least 4 members (excludes halogenated alkanes) is 1. The van der Waals surface area contributed by atoms with E-state index in [0.717, 1.165) is 12.8 Å². The molecule has 2 bridgehead atoms. The largest absolute Gasteiger partial charge is 0.391 e. The Morgan fingerprint density at radius 1 is 1.21 bits per heavy atom. The molecule has 6 heteroatoms. The van der Waals surface area contributed by atoms with E-state index in [-0.39, 0.29) is 0 Å². The Morgan fingerprint density at radius 3 is 2.32 bits per heavy atom. The maximum Gasteiger partial charge on any atom is 0.227 e. The van der Waals surface area contributed by atoms with E-state index in [1.807, 2.05) is 6.92 Å². The van der Waals surface area contributed by atoms with Crippen molar-refractivity contribution in [3.05, 3.63) is 0 Å².